The van der Waals surface area contributed by atoms with E-state index < -0.39 is 0 Å². The molecule has 0 unspecified atom stereocenters. The molecule has 3 heterocycles. The van der Waals surface area contributed by atoms with Crippen LogP contribution >= 0.6 is 0 Å². The highest BCUT2D eigenvalue weighted by Crippen LogP contribution is 2.24. The normalized spacial score (nSPS) is 14.2. The smallest absolute Gasteiger partial charge is 0.239 e. The van der Waals surface area contributed by atoms with Gasteiger partial charge in [0.25, 0.3) is 0 Å². The number of amides is 1. The first-order valence-corrected chi connectivity index (χ1v) is 11.0. The number of nitrogens with zero attached hydrogens (tertiary/aromatic N) is 6. The van der Waals surface area contributed by atoms with E-state index in [4.69, 9.17) is 5.10 Å². The zero-order valence-corrected chi connectivity index (χ0v) is 18.2. The molecule has 1 aliphatic heterocycles. The number of anilines is 2. The van der Waals surface area contributed by atoms with Crippen LogP contribution < -0.4 is 10.2 Å². The second-order valence-corrected chi connectivity index (χ2v) is 7.89. The number of benzene rings is 2. The SMILES string of the molecule is O=C(CN1CCN(c2ncccn2)CC1)Nc1cc(-c2ccccc2)nn1-c1ccccc1. The predicted octanol–water partition coefficient (Wildman–Crippen LogP) is 3.09. The van der Waals surface area contributed by atoms with Crippen LogP contribution in [-0.2, 0) is 4.79 Å². The van der Waals surface area contributed by atoms with Crippen LogP contribution in [0.15, 0.2) is 85.2 Å². The quantitative estimate of drug-likeness (QED) is 0.497. The van der Waals surface area contributed by atoms with Crippen molar-refractivity contribution in [2.45, 2.75) is 0 Å². The lowest BCUT2D eigenvalue weighted by Gasteiger charge is -2.34. The molecule has 5 rings (SSSR count). The monoisotopic (exact) mass is 439 g/mol. The summed E-state index contributed by atoms with van der Waals surface area (Å²) in [5.74, 6) is 1.33. The summed E-state index contributed by atoms with van der Waals surface area (Å²) in [6.45, 7) is 3.46. The minimum atomic E-state index is -0.0592. The van der Waals surface area contributed by atoms with Gasteiger partial charge in [0.05, 0.1) is 17.9 Å². The molecule has 0 atom stereocenters. The maximum Gasteiger partial charge on any atom is 0.239 e. The number of aromatic nitrogens is 4. The molecule has 0 spiro atoms. The molecule has 0 saturated carbocycles. The lowest BCUT2D eigenvalue weighted by Crippen LogP contribution is -2.49. The summed E-state index contributed by atoms with van der Waals surface area (Å²) in [6.07, 6.45) is 3.50. The topological polar surface area (TPSA) is 79.2 Å². The van der Waals surface area contributed by atoms with Crippen molar-refractivity contribution in [3.8, 4) is 16.9 Å². The van der Waals surface area contributed by atoms with Gasteiger partial charge in [-0.3, -0.25) is 9.69 Å². The Morgan fingerprint density at radius 1 is 0.848 bits per heavy atom. The Bertz CT molecular complexity index is 1190. The minimum Gasteiger partial charge on any atom is -0.338 e. The van der Waals surface area contributed by atoms with E-state index in [0.29, 0.717) is 12.4 Å². The van der Waals surface area contributed by atoms with Gasteiger partial charge in [0.1, 0.15) is 5.82 Å². The zero-order valence-electron chi connectivity index (χ0n) is 18.2. The number of carbonyl (C=O) groups is 1. The molecule has 4 aromatic rings. The fourth-order valence-electron chi connectivity index (χ4n) is 3.93. The Hall–Kier alpha value is -4.04. The fourth-order valence-corrected chi connectivity index (χ4v) is 3.93. The summed E-state index contributed by atoms with van der Waals surface area (Å²) in [7, 11) is 0. The highest BCUT2D eigenvalue weighted by molar-refractivity contribution is 5.92. The molecular formula is C25H25N7O. The zero-order chi connectivity index (χ0) is 22.5. The first-order chi connectivity index (χ1) is 16.3. The van der Waals surface area contributed by atoms with Gasteiger partial charge in [-0.1, -0.05) is 48.5 Å². The van der Waals surface area contributed by atoms with Gasteiger partial charge in [0, 0.05) is 50.2 Å². The van der Waals surface area contributed by atoms with Gasteiger partial charge < -0.3 is 10.2 Å². The maximum absolute atomic E-state index is 12.9. The Morgan fingerprint density at radius 3 is 2.21 bits per heavy atom. The van der Waals surface area contributed by atoms with Crippen molar-refractivity contribution in [2.24, 2.45) is 0 Å². The summed E-state index contributed by atoms with van der Waals surface area (Å²) in [5.41, 5.74) is 2.71. The van der Waals surface area contributed by atoms with E-state index in [9.17, 15) is 4.79 Å². The molecule has 0 aliphatic carbocycles. The van der Waals surface area contributed by atoms with E-state index in [1.54, 1.807) is 17.1 Å². The molecule has 1 N–H and O–H groups in total. The van der Waals surface area contributed by atoms with Crippen LogP contribution in [0.1, 0.15) is 0 Å². The Morgan fingerprint density at radius 2 is 1.52 bits per heavy atom. The number of hydrogen-bond donors (Lipinski definition) is 1. The number of hydrogen-bond acceptors (Lipinski definition) is 6. The number of nitrogens with one attached hydrogen (secondary N) is 1. The van der Waals surface area contributed by atoms with Gasteiger partial charge in [-0.25, -0.2) is 14.6 Å². The molecule has 0 bridgehead atoms. The van der Waals surface area contributed by atoms with Crippen LogP contribution in [0.5, 0.6) is 0 Å². The Labute approximate surface area is 192 Å². The van der Waals surface area contributed by atoms with E-state index in [2.05, 4.69) is 25.1 Å². The Balaban J connectivity index is 1.28. The average Bonchev–Trinajstić information content (AvgIpc) is 3.30. The largest absolute Gasteiger partial charge is 0.338 e. The van der Waals surface area contributed by atoms with Gasteiger partial charge in [0.2, 0.25) is 11.9 Å². The van der Waals surface area contributed by atoms with Gasteiger partial charge in [-0.2, -0.15) is 5.10 Å². The van der Waals surface area contributed by atoms with E-state index >= 15 is 0 Å². The number of rotatable bonds is 6. The molecule has 33 heavy (non-hydrogen) atoms. The van der Waals surface area contributed by atoms with Crippen molar-refractivity contribution in [3.05, 3.63) is 85.2 Å². The molecule has 1 aliphatic rings. The van der Waals surface area contributed by atoms with Crippen molar-refractivity contribution in [1.82, 2.24) is 24.6 Å². The third-order valence-electron chi connectivity index (χ3n) is 5.62. The second-order valence-electron chi connectivity index (χ2n) is 7.89. The van der Waals surface area contributed by atoms with Crippen molar-refractivity contribution in [2.75, 3.05) is 42.9 Å². The lowest BCUT2D eigenvalue weighted by molar-refractivity contribution is -0.117. The summed E-state index contributed by atoms with van der Waals surface area (Å²) in [6, 6.07) is 23.5. The first kappa shape index (κ1) is 20.8. The van der Waals surface area contributed by atoms with Crippen molar-refractivity contribution >= 4 is 17.7 Å². The van der Waals surface area contributed by atoms with Crippen LogP contribution in [0.3, 0.4) is 0 Å². The fraction of sp³-hybridized carbons (Fsp3) is 0.200. The van der Waals surface area contributed by atoms with Crippen LogP contribution in [0.4, 0.5) is 11.8 Å². The number of para-hydroxylation sites is 1. The summed E-state index contributed by atoms with van der Waals surface area (Å²) in [5, 5.41) is 7.83. The second kappa shape index (κ2) is 9.62. The summed E-state index contributed by atoms with van der Waals surface area (Å²) >= 11 is 0. The molecule has 166 valence electrons. The van der Waals surface area contributed by atoms with Crippen molar-refractivity contribution in [3.63, 3.8) is 0 Å². The first-order valence-electron chi connectivity index (χ1n) is 11.0. The third kappa shape index (κ3) is 4.91. The molecule has 2 aromatic carbocycles. The maximum atomic E-state index is 12.9. The molecule has 8 nitrogen and oxygen atoms in total. The van der Waals surface area contributed by atoms with Crippen molar-refractivity contribution < 1.29 is 4.79 Å². The average molecular weight is 440 g/mol. The van der Waals surface area contributed by atoms with Gasteiger partial charge in [-0.15, -0.1) is 0 Å². The third-order valence-corrected chi connectivity index (χ3v) is 5.62. The molecule has 0 radical (unpaired) electrons. The van der Waals surface area contributed by atoms with E-state index in [1.165, 1.54) is 0 Å². The van der Waals surface area contributed by atoms with Crippen LogP contribution in [-0.4, -0.2) is 63.3 Å². The van der Waals surface area contributed by atoms with Crippen LogP contribution in [0.25, 0.3) is 16.9 Å². The predicted molar refractivity (Wildman–Crippen MR) is 128 cm³/mol. The molecule has 1 fully saturated rings. The van der Waals surface area contributed by atoms with Gasteiger partial charge >= 0.3 is 0 Å². The molecule has 1 saturated heterocycles. The minimum absolute atomic E-state index is 0.0592. The van der Waals surface area contributed by atoms with Crippen LogP contribution in [0.2, 0.25) is 0 Å². The standard InChI is InChI=1S/C25H25N7O/c33-24(19-30-14-16-31(17-15-30)25-26-12-7-13-27-25)28-23-18-22(20-8-3-1-4-9-20)29-32(23)21-10-5-2-6-11-21/h1-13,18H,14-17,19H2,(H,28,33). The lowest BCUT2D eigenvalue weighted by atomic mass is 10.1. The summed E-state index contributed by atoms with van der Waals surface area (Å²) < 4.78 is 1.78. The van der Waals surface area contributed by atoms with Crippen molar-refractivity contribution in [1.29, 1.82) is 0 Å². The van der Waals surface area contributed by atoms with Gasteiger partial charge in [0.15, 0.2) is 0 Å². The van der Waals surface area contributed by atoms with E-state index in [0.717, 1.165) is 49.1 Å². The molecule has 1 amide bonds. The highest BCUT2D eigenvalue weighted by Gasteiger charge is 2.21. The highest BCUT2D eigenvalue weighted by atomic mass is 16.2. The van der Waals surface area contributed by atoms with E-state index in [-0.39, 0.29) is 5.91 Å². The van der Waals surface area contributed by atoms with Crippen LogP contribution in [0, 0.1) is 0 Å². The van der Waals surface area contributed by atoms with Gasteiger partial charge in [-0.05, 0) is 18.2 Å². The molecule has 2 aromatic heterocycles. The molecule has 8 heteroatoms. The molecular weight excluding hydrogens is 414 g/mol. The number of piperazine rings is 1. The van der Waals surface area contributed by atoms with E-state index in [1.807, 2.05) is 72.8 Å². The number of carbonyl (C=O) groups excluding carboxylic acids is 1. The Kier molecular flexibility index (Phi) is 6.08. The summed E-state index contributed by atoms with van der Waals surface area (Å²) in [4.78, 5) is 25.9.